The van der Waals surface area contributed by atoms with E-state index in [9.17, 15) is 0 Å². The molecule has 0 spiro atoms. The minimum atomic E-state index is 0.0324. The van der Waals surface area contributed by atoms with Gasteiger partial charge in [0, 0.05) is 18.5 Å². The Bertz CT molecular complexity index is 282. The Balaban J connectivity index is 3.60. The van der Waals surface area contributed by atoms with Gasteiger partial charge in [-0.15, -0.1) is 0 Å². The molecule has 0 rings (SSSR count). The van der Waals surface area contributed by atoms with Crippen molar-refractivity contribution >= 4 is 15.9 Å². The van der Waals surface area contributed by atoms with Gasteiger partial charge in [-0.05, 0) is 44.9 Å². The molecule has 2 nitrogen and oxygen atoms in total. The van der Waals surface area contributed by atoms with Gasteiger partial charge >= 0.3 is 0 Å². The number of ether oxygens (including phenoxy) is 2. The second kappa shape index (κ2) is 24.2. The molecule has 0 heterocycles. The molecule has 0 radical (unpaired) electrons. The van der Waals surface area contributed by atoms with E-state index in [1.165, 1.54) is 77.0 Å². The van der Waals surface area contributed by atoms with Gasteiger partial charge in [0.05, 0.1) is 0 Å². The lowest BCUT2D eigenvalue weighted by molar-refractivity contribution is -0.148. The quantitative estimate of drug-likeness (QED) is 0.0716. The van der Waals surface area contributed by atoms with Crippen LogP contribution in [0.2, 0.25) is 0 Å². The van der Waals surface area contributed by atoms with Crippen LogP contribution < -0.4 is 0 Å². The van der Waals surface area contributed by atoms with Gasteiger partial charge in [0.1, 0.15) is 0 Å². The molecular formula is C24H47BrO2. The van der Waals surface area contributed by atoms with E-state index in [-0.39, 0.29) is 6.29 Å². The van der Waals surface area contributed by atoms with E-state index in [2.05, 4.69) is 41.9 Å². The van der Waals surface area contributed by atoms with Crippen molar-refractivity contribution in [3.63, 3.8) is 0 Å². The molecular weight excluding hydrogens is 400 g/mol. The van der Waals surface area contributed by atoms with Gasteiger partial charge in [-0.25, -0.2) is 0 Å². The second-order valence-corrected chi connectivity index (χ2v) is 8.38. The van der Waals surface area contributed by atoms with E-state index in [0.29, 0.717) is 0 Å². The Kier molecular flexibility index (Phi) is 24.3. The van der Waals surface area contributed by atoms with Gasteiger partial charge in [0.15, 0.2) is 6.29 Å². The first kappa shape index (κ1) is 27.1. The minimum Gasteiger partial charge on any atom is -0.353 e. The molecule has 0 aliphatic carbocycles. The smallest absolute Gasteiger partial charge is 0.157 e. The summed E-state index contributed by atoms with van der Waals surface area (Å²) in [5.74, 6) is 0. The van der Waals surface area contributed by atoms with Crippen LogP contribution >= 0.6 is 15.9 Å². The average molecular weight is 448 g/mol. The number of halogens is 1. The van der Waals surface area contributed by atoms with E-state index in [1.54, 1.807) is 0 Å². The zero-order valence-corrected chi connectivity index (χ0v) is 19.9. The van der Waals surface area contributed by atoms with Crippen LogP contribution in [-0.2, 0) is 9.47 Å². The van der Waals surface area contributed by atoms with Gasteiger partial charge in [-0.3, -0.25) is 0 Å². The Morgan fingerprint density at radius 2 is 1.15 bits per heavy atom. The number of hydrogen-bond acceptors (Lipinski definition) is 2. The predicted molar refractivity (Wildman–Crippen MR) is 124 cm³/mol. The molecule has 0 fully saturated rings. The number of rotatable bonds is 22. The van der Waals surface area contributed by atoms with Crippen LogP contribution in [0.1, 0.15) is 117 Å². The topological polar surface area (TPSA) is 18.5 Å². The van der Waals surface area contributed by atoms with Crippen LogP contribution in [0.15, 0.2) is 12.2 Å². The van der Waals surface area contributed by atoms with Gasteiger partial charge in [-0.2, -0.15) is 0 Å². The highest BCUT2D eigenvalue weighted by Crippen LogP contribution is 2.14. The van der Waals surface area contributed by atoms with Gasteiger partial charge in [-0.1, -0.05) is 99.7 Å². The lowest BCUT2D eigenvalue weighted by Crippen LogP contribution is -2.19. The van der Waals surface area contributed by atoms with Crippen LogP contribution in [0.25, 0.3) is 0 Å². The second-order valence-electron chi connectivity index (χ2n) is 7.59. The molecule has 0 bridgehead atoms. The van der Waals surface area contributed by atoms with Crippen molar-refractivity contribution in [1.29, 1.82) is 0 Å². The monoisotopic (exact) mass is 446 g/mol. The van der Waals surface area contributed by atoms with Crippen molar-refractivity contribution in [2.24, 2.45) is 0 Å². The summed E-state index contributed by atoms with van der Waals surface area (Å²) in [5.41, 5.74) is 0. The number of unbranched alkanes of at least 4 members (excludes halogenated alkanes) is 11. The highest BCUT2D eigenvalue weighted by Gasteiger charge is 2.09. The number of hydrogen-bond donors (Lipinski definition) is 0. The van der Waals surface area contributed by atoms with Crippen LogP contribution in [-0.4, -0.2) is 24.8 Å². The predicted octanol–water partition coefficient (Wildman–Crippen LogP) is 8.58. The Labute approximate surface area is 179 Å². The normalized spacial score (nSPS) is 11.9. The third-order valence-corrected chi connectivity index (χ3v) is 5.31. The van der Waals surface area contributed by atoms with Crippen LogP contribution in [0.4, 0.5) is 0 Å². The van der Waals surface area contributed by atoms with Crippen LogP contribution in [0.3, 0.4) is 0 Å². The Morgan fingerprint density at radius 3 is 1.70 bits per heavy atom. The SMILES string of the molecule is CCCCCOC(CCCCCCCCC/C=C/CCBr)OCCCCC. The molecule has 3 heteroatoms. The molecule has 0 amide bonds. The molecule has 0 unspecified atom stereocenters. The average Bonchev–Trinajstić information content (AvgIpc) is 2.68. The maximum absolute atomic E-state index is 5.99. The van der Waals surface area contributed by atoms with E-state index >= 15 is 0 Å². The Morgan fingerprint density at radius 1 is 0.630 bits per heavy atom. The zero-order valence-electron chi connectivity index (χ0n) is 18.4. The van der Waals surface area contributed by atoms with Crippen LogP contribution in [0, 0.1) is 0 Å². The fourth-order valence-electron chi connectivity index (χ4n) is 3.10. The van der Waals surface area contributed by atoms with Gasteiger partial charge in [0.25, 0.3) is 0 Å². The zero-order chi connectivity index (χ0) is 19.8. The first-order chi connectivity index (χ1) is 13.3. The van der Waals surface area contributed by atoms with Crippen molar-refractivity contribution in [3.8, 4) is 0 Å². The molecule has 162 valence electrons. The maximum Gasteiger partial charge on any atom is 0.157 e. The molecule has 27 heavy (non-hydrogen) atoms. The van der Waals surface area contributed by atoms with Crippen molar-refractivity contribution < 1.29 is 9.47 Å². The molecule has 0 saturated heterocycles. The molecule has 0 aromatic rings. The fourth-order valence-corrected chi connectivity index (χ4v) is 3.37. The lowest BCUT2D eigenvalue weighted by Gasteiger charge is -2.18. The summed E-state index contributed by atoms with van der Waals surface area (Å²) >= 11 is 3.45. The summed E-state index contributed by atoms with van der Waals surface area (Å²) in [6, 6.07) is 0. The fraction of sp³-hybridized carbons (Fsp3) is 0.917. The summed E-state index contributed by atoms with van der Waals surface area (Å²) in [5, 5.41) is 1.08. The molecule has 0 aliphatic rings. The van der Waals surface area contributed by atoms with Gasteiger partial charge < -0.3 is 9.47 Å². The highest BCUT2D eigenvalue weighted by atomic mass is 79.9. The molecule has 0 aromatic heterocycles. The van der Waals surface area contributed by atoms with Crippen molar-refractivity contribution in [2.75, 3.05) is 18.5 Å². The third-order valence-electron chi connectivity index (χ3n) is 4.86. The minimum absolute atomic E-state index is 0.0324. The number of allylic oxidation sites excluding steroid dienone is 2. The van der Waals surface area contributed by atoms with Crippen LogP contribution in [0.5, 0.6) is 0 Å². The lowest BCUT2D eigenvalue weighted by atomic mass is 10.1. The summed E-state index contributed by atoms with van der Waals surface area (Å²) in [6.45, 7) is 6.19. The third kappa shape index (κ3) is 22.3. The van der Waals surface area contributed by atoms with Crippen molar-refractivity contribution in [2.45, 2.75) is 123 Å². The summed E-state index contributed by atoms with van der Waals surface area (Å²) in [4.78, 5) is 0. The van der Waals surface area contributed by atoms with E-state index in [1.807, 2.05) is 0 Å². The summed E-state index contributed by atoms with van der Waals surface area (Å²) < 4.78 is 12.0. The van der Waals surface area contributed by atoms with Crippen molar-refractivity contribution in [1.82, 2.24) is 0 Å². The van der Waals surface area contributed by atoms with Gasteiger partial charge in [0.2, 0.25) is 0 Å². The molecule has 0 aliphatic heterocycles. The maximum atomic E-state index is 5.99. The number of alkyl halides is 1. The van der Waals surface area contributed by atoms with E-state index in [0.717, 1.165) is 44.2 Å². The first-order valence-electron chi connectivity index (χ1n) is 11.8. The van der Waals surface area contributed by atoms with E-state index < -0.39 is 0 Å². The molecule has 0 saturated carbocycles. The molecule has 0 atom stereocenters. The first-order valence-corrected chi connectivity index (χ1v) is 12.9. The van der Waals surface area contributed by atoms with Crippen molar-refractivity contribution in [3.05, 3.63) is 12.2 Å². The Hall–Kier alpha value is 0.140. The highest BCUT2D eigenvalue weighted by molar-refractivity contribution is 9.09. The molecule has 0 aromatic carbocycles. The standard InChI is InChI=1S/C24H47BrO2/c1-3-5-18-22-26-24(27-23-19-6-4-2)20-16-14-12-10-8-7-9-11-13-15-17-21-25/h13,15,24H,3-12,14,16-23H2,1-2H3/b15-13+. The largest absolute Gasteiger partial charge is 0.353 e. The molecule has 0 N–H and O–H groups in total. The summed E-state index contributed by atoms with van der Waals surface area (Å²) in [6.07, 6.45) is 24.9. The van der Waals surface area contributed by atoms with E-state index in [4.69, 9.17) is 9.47 Å². The summed E-state index contributed by atoms with van der Waals surface area (Å²) in [7, 11) is 0.